The molecule has 86 valence electrons. The molecule has 0 aliphatic heterocycles. The van der Waals surface area contributed by atoms with Crippen molar-refractivity contribution in [2.45, 2.75) is 0 Å². The van der Waals surface area contributed by atoms with Crippen molar-refractivity contribution in [3.8, 4) is 17.3 Å². The summed E-state index contributed by atoms with van der Waals surface area (Å²) < 4.78 is 9.95. The maximum atomic E-state index is 10.9. The molecule has 7 heteroatoms. The Bertz CT molecular complexity index is 724. The Hall–Kier alpha value is -2.57. The molecule has 0 saturated heterocycles. The van der Waals surface area contributed by atoms with E-state index in [1.807, 2.05) is 0 Å². The number of ether oxygens (including phenoxy) is 1. The molecule has 0 radical (unpaired) electrons. The summed E-state index contributed by atoms with van der Waals surface area (Å²) in [5.41, 5.74) is 1.49. The number of nitrogens with one attached hydrogen (secondary N) is 2. The van der Waals surface area contributed by atoms with Gasteiger partial charge >= 0.3 is 5.76 Å². The molecular formula is C10H8N4O3. The molecule has 0 unspecified atom stereocenters. The number of aromatic amines is 2. The number of aromatic nitrogens is 4. The average Bonchev–Trinajstić information content (AvgIpc) is 2.93. The molecule has 17 heavy (non-hydrogen) atoms. The summed E-state index contributed by atoms with van der Waals surface area (Å²) >= 11 is 0. The molecule has 0 spiro atoms. The lowest BCUT2D eigenvalue weighted by molar-refractivity contribution is 0.399. The van der Waals surface area contributed by atoms with Crippen molar-refractivity contribution in [2.75, 3.05) is 7.11 Å². The number of nitrogens with zero attached hydrogens (tertiary/aromatic N) is 2. The molecule has 0 aliphatic carbocycles. The molecule has 3 aromatic rings. The number of hydrogen-bond acceptors (Lipinski definition) is 5. The number of pyridine rings is 1. The summed E-state index contributed by atoms with van der Waals surface area (Å²) in [7, 11) is 1.54. The van der Waals surface area contributed by atoms with Crippen LogP contribution < -0.4 is 10.5 Å². The quantitative estimate of drug-likeness (QED) is 0.684. The van der Waals surface area contributed by atoms with Gasteiger partial charge in [0.2, 0.25) is 5.88 Å². The molecule has 0 atom stereocenters. The lowest BCUT2D eigenvalue weighted by Gasteiger charge is -1.98. The zero-order chi connectivity index (χ0) is 11.8. The standard InChI is InChI=1S/C10H8N4O3/c1-16-8-2-5-6(3-11-7(5)4-12-8)9-13-14-10(15)17-9/h2-4,11H,1H3,(H,14,15). The lowest BCUT2D eigenvalue weighted by atomic mass is 10.2. The van der Waals surface area contributed by atoms with Crippen LogP contribution in [0.25, 0.3) is 22.4 Å². The minimum absolute atomic E-state index is 0.231. The first kappa shape index (κ1) is 9.64. The fourth-order valence-electron chi connectivity index (χ4n) is 1.64. The zero-order valence-electron chi connectivity index (χ0n) is 8.85. The highest BCUT2D eigenvalue weighted by atomic mass is 16.5. The molecule has 3 aromatic heterocycles. The highest BCUT2D eigenvalue weighted by molar-refractivity contribution is 5.93. The third-order valence-electron chi connectivity index (χ3n) is 2.42. The molecule has 0 fully saturated rings. The molecule has 0 bridgehead atoms. The first-order chi connectivity index (χ1) is 8.28. The van der Waals surface area contributed by atoms with E-state index < -0.39 is 5.76 Å². The molecule has 0 amide bonds. The molecule has 0 saturated carbocycles. The van der Waals surface area contributed by atoms with Gasteiger partial charge < -0.3 is 14.1 Å². The second-order valence-corrected chi connectivity index (χ2v) is 3.39. The first-order valence-corrected chi connectivity index (χ1v) is 4.85. The van der Waals surface area contributed by atoms with Crippen LogP contribution in [0.2, 0.25) is 0 Å². The molecule has 0 aliphatic rings. The molecule has 7 nitrogen and oxygen atoms in total. The van der Waals surface area contributed by atoms with Gasteiger partial charge in [-0.05, 0) is 0 Å². The van der Waals surface area contributed by atoms with Gasteiger partial charge in [0.05, 0.1) is 24.4 Å². The van der Waals surface area contributed by atoms with E-state index in [4.69, 9.17) is 9.15 Å². The summed E-state index contributed by atoms with van der Waals surface area (Å²) in [6.45, 7) is 0. The van der Waals surface area contributed by atoms with Crippen molar-refractivity contribution in [1.29, 1.82) is 0 Å². The number of fused-ring (bicyclic) bond motifs is 1. The lowest BCUT2D eigenvalue weighted by Crippen LogP contribution is -1.93. The Morgan fingerprint density at radius 1 is 1.47 bits per heavy atom. The van der Waals surface area contributed by atoms with Crippen LogP contribution in [0.5, 0.6) is 5.88 Å². The van der Waals surface area contributed by atoms with Crippen molar-refractivity contribution in [3.63, 3.8) is 0 Å². The van der Waals surface area contributed by atoms with E-state index in [0.717, 1.165) is 10.9 Å². The second-order valence-electron chi connectivity index (χ2n) is 3.39. The fraction of sp³-hybridized carbons (Fsp3) is 0.100. The van der Waals surface area contributed by atoms with Crippen LogP contribution in [-0.4, -0.2) is 27.3 Å². The van der Waals surface area contributed by atoms with Crippen molar-refractivity contribution in [1.82, 2.24) is 20.2 Å². The van der Waals surface area contributed by atoms with Gasteiger partial charge in [0.15, 0.2) is 0 Å². The Kier molecular flexibility index (Phi) is 1.97. The van der Waals surface area contributed by atoms with Crippen molar-refractivity contribution in [3.05, 3.63) is 29.0 Å². The number of hydrogen-bond donors (Lipinski definition) is 2. The van der Waals surface area contributed by atoms with E-state index in [2.05, 4.69) is 20.2 Å². The van der Waals surface area contributed by atoms with Crippen molar-refractivity contribution >= 4 is 10.9 Å². The maximum absolute atomic E-state index is 10.9. The minimum atomic E-state index is -0.588. The molecule has 0 aromatic carbocycles. The van der Waals surface area contributed by atoms with Crippen LogP contribution in [-0.2, 0) is 0 Å². The Labute approximate surface area is 94.4 Å². The van der Waals surface area contributed by atoms with Crippen molar-refractivity contribution in [2.24, 2.45) is 0 Å². The van der Waals surface area contributed by atoms with Gasteiger partial charge in [0, 0.05) is 17.6 Å². The zero-order valence-corrected chi connectivity index (χ0v) is 8.85. The monoisotopic (exact) mass is 232 g/mol. The smallest absolute Gasteiger partial charge is 0.434 e. The third kappa shape index (κ3) is 1.48. The molecule has 3 heterocycles. The van der Waals surface area contributed by atoms with Crippen LogP contribution in [0, 0.1) is 0 Å². The molecular weight excluding hydrogens is 224 g/mol. The average molecular weight is 232 g/mol. The van der Waals surface area contributed by atoms with E-state index in [1.165, 1.54) is 7.11 Å². The molecule has 2 N–H and O–H groups in total. The number of methoxy groups -OCH3 is 1. The van der Waals surface area contributed by atoms with Crippen LogP contribution in [0.4, 0.5) is 0 Å². The topological polar surface area (TPSA) is 96.8 Å². The fourth-order valence-corrected chi connectivity index (χ4v) is 1.64. The highest BCUT2D eigenvalue weighted by Gasteiger charge is 2.12. The van der Waals surface area contributed by atoms with Crippen LogP contribution in [0.15, 0.2) is 27.7 Å². The highest BCUT2D eigenvalue weighted by Crippen LogP contribution is 2.27. The van der Waals surface area contributed by atoms with E-state index in [0.29, 0.717) is 11.4 Å². The van der Waals surface area contributed by atoms with Gasteiger partial charge in [-0.2, -0.15) is 0 Å². The van der Waals surface area contributed by atoms with Crippen molar-refractivity contribution < 1.29 is 9.15 Å². The summed E-state index contributed by atoms with van der Waals surface area (Å²) in [5, 5.41) is 6.82. The van der Waals surface area contributed by atoms with E-state index in [1.54, 1.807) is 18.5 Å². The van der Waals surface area contributed by atoms with Gasteiger partial charge in [0.25, 0.3) is 5.89 Å². The van der Waals surface area contributed by atoms with E-state index in [9.17, 15) is 4.79 Å². The summed E-state index contributed by atoms with van der Waals surface area (Å²) in [4.78, 5) is 18.0. The Balaban J connectivity index is 2.26. The van der Waals surface area contributed by atoms with Gasteiger partial charge in [-0.1, -0.05) is 0 Å². The second kappa shape index (κ2) is 3.48. The van der Waals surface area contributed by atoms with Crippen LogP contribution in [0.1, 0.15) is 0 Å². The van der Waals surface area contributed by atoms with E-state index >= 15 is 0 Å². The van der Waals surface area contributed by atoms with Gasteiger partial charge in [0.1, 0.15) is 0 Å². The molecule has 3 rings (SSSR count). The predicted molar refractivity (Wildman–Crippen MR) is 58.8 cm³/mol. The minimum Gasteiger partial charge on any atom is -0.481 e. The van der Waals surface area contributed by atoms with Crippen LogP contribution in [0.3, 0.4) is 0 Å². The number of rotatable bonds is 2. The predicted octanol–water partition coefficient (Wildman–Crippen LogP) is 0.915. The summed E-state index contributed by atoms with van der Waals surface area (Å²) in [6, 6.07) is 1.75. The Morgan fingerprint density at radius 2 is 2.35 bits per heavy atom. The number of H-pyrrole nitrogens is 2. The van der Waals surface area contributed by atoms with Gasteiger partial charge in [-0.3, -0.25) is 0 Å². The van der Waals surface area contributed by atoms with Crippen LogP contribution >= 0.6 is 0 Å². The normalized spacial score (nSPS) is 10.9. The SMILES string of the molecule is COc1cc2c(-c3n[nH]c(=O)o3)c[nH]c2cn1. The third-order valence-corrected chi connectivity index (χ3v) is 2.42. The first-order valence-electron chi connectivity index (χ1n) is 4.85. The van der Waals surface area contributed by atoms with E-state index in [-0.39, 0.29) is 5.89 Å². The maximum Gasteiger partial charge on any atom is 0.434 e. The largest absolute Gasteiger partial charge is 0.481 e. The Morgan fingerprint density at radius 3 is 3.06 bits per heavy atom. The van der Waals surface area contributed by atoms with Gasteiger partial charge in [-0.15, -0.1) is 5.10 Å². The van der Waals surface area contributed by atoms with Gasteiger partial charge in [-0.25, -0.2) is 14.9 Å². The summed E-state index contributed by atoms with van der Waals surface area (Å²) in [5.74, 6) is 0.126. The summed E-state index contributed by atoms with van der Waals surface area (Å²) in [6.07, 6.45) is 3.34.